The number of ether oxygens (including phenoxy) is 1. The maximum atomic E-state index is 6.40. The first kappa shape index (κ1) is 29.8. The molecule has 0 spiro atoms. The van der Waals surface area contributed by atoms with E-state index in [4.69, 9.17) is 9.72 Å². The number of hydrogen-bond acceptors (Lipinski definition) is 4. The van der Waals surface area contributed by atoms with Crippen molar-refractivity contribution in [2.24, 2.45) is 0 Å². The molecule has 5 nitrogen and oxygen atoms in total. The van der Waals surface area contributed by atoms with Crippen LogP contribution in [-0.4, -0.2) is 9.55 Å². The molecule has 0 atom stereocenters. The molecule has 0 saturated heterocycles. The minimum Gasteiger partial charge on any atom is -0.509 e. The standard InChI is InChI=1S/C40H31N4O.Pt/c1-40(2,3)28-12-8-13-29(24-28)42-27-43(38-22-7-6-21-37(38)42)30-14-9-16-32(25-30)45-33-17-10-15-31(26-33)44-36-20-5-4-18-34(36)35-19-11-23-41-39(35)44;/h4-24,27H,1-3H3;/q-3;. The molecule has 0 saturated carbocycles. The third kappa shape index (κ3) is 5.25. The van der Waals surface area contributed by atoms with Crippen LogP contribution in [0.5, 0.6) is 11.5 Å². The van der Waals surface area contributed by atoms with Gasteiger partial charge in [-0.25, -0.2) is 4.98 Å². The molecule has 8 rings (SSSR count). The summed E-state index contributed by atoms with van der Waals surface area (Å²) in [6.07, 6.45) is 1.83. The van der Waals surface area contributed by atoms with Crippen molar-refractivity contribution in [1.29, 1.82) is 0 Å². The van der Waals surface area contributed by atoms with E-state index in [0.29, 0.717) is 11.5 Å². The molecule has 5 aromatic carbocycles. The Morgan fingerprint density at radius 3 is 2.09 bits per heavy atom. The summed E-state index contributed by atoms with van der Waals surface area (Å²) in [6.45, 7) is 8.86. The average molecular weight is 779 g/mol. The predicted octanol–water partition coefficient (Wildman–Crippen LogP) is 10.3. The zero-order chi connectivity index (χ0) is 30.5. The number of rotatable bonds is 5. The van der Waals surface area contributed by atoms with Crippen LogP contribution in [0.3, 0.4) is 0 Å². The van der Waals surface area contributed by atoms with E-state index in [2.05, 4.69) is 139 Å². The largest absolute Gasteiger partial charge is 0.509 e. The molecule has 0 aliphatic carbocycles. The Morgan fingerprint density at radius 1 is 0.652 bits per heavy atom. The van der Waals surface area contributed by atoms with Crippen LogP contribution in [0.4, 0.5) is 22.7 Å². The van der Waals surface area contributed by atoms with Crippen molar-refractivity contribution < 1.29 is 25.8 Å². The first-order valence-electron chi connectivity index (χ1n) is 15.1. The molecule has 0 radical (unpaired) electrons. The number of aromatic nitrogens is 2. The Hall–Kier alpha value is -4.86. The second-order valence-corrected chi connectivity index (χ2v) is 12.3. The minimum atomic E-state index is 0. The van der Waals surface area contributed by atoms with E-state index in [1.165, 1.54) is 5.56 Å². The van der Waals surface area contributed by atoms with E-state index >= 15 is 0 Å². The van der Waals surface area contributed by atoms with Gasteiger partial charge >= 0.3 is 0 Å². The van der Waals surface area contributed by atoms with Crippen LogP contribution in [0.25, 0.3) is 27.6 Å². The second-order valence-electron chi connectivity index (χ2n) is 12.3. The number of fused-ring (bicyclic) bond motifs is 4. The topological polar surface area (TPSA) is 33.5 Å². The zero-order valence-electron chi connectivity index (χ0n) is 25.7. The van der Waals surface area contributed by atoms with Gasteiger partial charge in [0.15, 0.2) is 0 Å². The van der Waals surface area contributed by atoms with Crippen LogP contribution < -0.4 is 14.5 Å². The van der Waals surface area contributed by atoms with Gasteiger partial charge in [0, 0.05) is 66.6 Å². The summed E-state index contributed by atoms with van der Waals surface area (Å²) < 4.78 is 8.53. The maximum Gasteiger partial charge on any atom is 0.143 e. The van der Waals surface area contributed by atoms with Crippen molar-refractivity contribution in [3.63, 3.8) is 0 Å². The first-order valence-corrected chi connectivity index (χ1v) is 15.1. The molecule has 0 fully saturated rings. The number of anilines is 4. The molecule has 0 amide bonds. The van der Waals surface area contributed by atoms with Gasteiger partial charge in [0.25, 0.3) is 0 Å². The van der Waals surface area contributed by atoms with E-state index in [9.17, 15) is 0 Å². The molecular formula is C40H31N4OPt-3. The van der Waals surface area contributed by atoms with Crippen LogP contribution in [0.1, 0.15) is 26.3 Å². The molecule has 230 valence electrons. The molecule has 0 bridgehead atoms. The van der Waals surface area contributed by atoms with Crippen molar-refractivity contribution in [1.82, 2.24) is 9.55 Å². The van der Waals surface area contributed by atoms with E-state index in [1.807, 2.05) is 42.6 Å². The van der Waals surface area contributed by atoms with E-state index in [1.54, 1.807) is 0 Å². The van der Waals surface area contributed by atoms with Crippen LogP contribution in [-0.2, 0) is 26.5 Å². The average Bonchev–Trinajstić information content (AvgIpc) is 3.61. The van der Waals surface area contributed by atoms with Gasteiger partial charge in [-0.05, 0) is 53.4 Å². The number of hydrogen-bond donors (Lipinski definition) is 0. The van der Waals surface area contributed by atoms with Gasteiger partial charge in [-0.1, -0.05) is 68.9 Å². The van der Waals surface area contributed by atoms with Crippen LogP contribution >= 0.6 is 0 Å². The molecular weight excluding hydrogens is 748 g/mol. The van der Waals surface area contributed by atoms with Crippen molar-refractivity contribution in [3.05, 3.63) is 152 Å². The summed E-state index contributed by atoms with van der Waals surface area (Å²) in [6, 6.07) is 48.6. The molecule has 0 unspecified atom stereocenters. The fourth-order valence-corrected chi connectivity index (χ4v) is 6.05. The van der Waals surface area contributed by atoms with Crippen molar-refractivity contribution in [2.45, 2.75) is 26.2 Å². The van der Waals surface area contributed by atoms with Crippen molar-refractivity contribution in [2.75, 3.05) is 9.80 Å². The fraction of sp³-hybridized carbons (Fsp3) is 0.100. The Bertz CT molecular complexity index is 2150. The second kappa shape index (κ2) is 11.8. The van der Waals surface area contributed by atoms with Crippen LogP contribution in [0, 0.1) is 18.8 Å². The number of para-hydroxylation sites is 3. The molecule has 1 aliphatic heterocycles. The summed E-state index contributed by atoms with van der Waals surface area (Å²) in [5.74, 6) is 1.22. The third-order valence-electron chi connectivity index (χ3n) is 8.28. The molecule has 1 aliphatic rings. The van der Waals surface area contributed by atoms with Gasteiger partial charge in [-0.3, -0.25) is 0 Å². The Balaban J connectivity index is 0.00000338. The SMILES string of the molecule is CC(C)(C)c1cccc(N2[CH-]N(c3[c-]c(Oc4[c-]c(-n5c6ccccc6c6cccnc65)ccc4)ccc3)c3ccccc32)c1.[Pt]. The Labute approximate surface area is 284 Å². The maximum absolute atomic E-state index is 6.40. The molecule has 2 aromatic heterocycles. The monoisotopic (exact) mass is 778 g/mol. The van der Waals surface area contributed by atoms with Gasteiger partial charge in [-0.15, -0.1) is 48.8 Å². The predicted molar refractivity (Wildman–Crippen MR) is 183 cm³/mol. The Morgan fingerprint density at radius 2 is 1.30 bits per heavy atom. The van der Waals surface area contributed by atoms with Gasteiger partial charge in [-0.2, -0.15) is 12.1 Å². The van der Waals surface area contributed by atoms with Crippen molar-refractivity contribution in [3.8, 4) is 17.2 Å². The fourth-order valence-electron chi connectivity index (χ4n) is 6.05. The minimum absolute atomic E-state index is 0. The molecule has 7 aromatic rings. The summed E-state index contributed by atoms with van der Waals surface area (Å²) in [7, 11) is 0. The third-order valence-corrected chi connectivity index (χ3v) is 8.28. The zero-order valence-corrected chi connectivity index (χ0v) is 28.0. The summed E-state index contributed by atoms with van der Waals surface area (Å²) in [4.78, 5) is 9.11. The van der Waals surface area contributed by atoms with Crippen molar-refractivity contribution >= 4 is 44.7 Å². The summed E-state index contributed by atoms with van der Waals surface area (Å²) >= 11 is 0. The van der Waals surface area contributed by atoms with Gasteiger partial charge in [0.1, 0.15) is 5.65 Å². The number of pyridine rings is 1. The smallest absolute Gasteiger partial charge is 0.143 e. The van der Waals surface area contributed by atoms with E-state index < -0.39 is 0 Å². The van der Waals surface area contributed by atoms with E-state index in [-0.39, 0.29) is 26.5 Å². The van der Waals surface area contributed by atoms with Crippen LogP contribution in [0.15, 0.2) is 128 Å². The normalized spacial score (nSPS) is 12.8. The first-order chi connectivity index (χ1) is 21.9. The van der Waals surface area contributed by atoms with Crippen LogP contribution in [0.2, 0.25) is 0 Å². The summed E-state index contributed by atoms with van der Waals surface area (Å²) in [5.41, 5.74) is 8.39. The van der Waals surface area contributed by atoms with Gasteiger partial charge in [0.05, 0.1) is 5.52 Å². The van der Waals surface area contributed by atoms with Gasteiger partial charge < -0.3 is 19.1 Å². The Kier molecular flexibility index (Phi) is 7.66. The van der Waals surface area contributed by atoms with E-state index in [0.717, 1.165) is 50.4 Å². The van der Waals surface area contributed by atoms with Gasteiger partial charge in [0.2, 0.25) is 0 Å². The quantitative estimate of drug-likeness (QED) is 0.163. The molecule has 46 heavy (non-hydrogen) atoms. The summed E-state index contributed by atoms with van der Waals surface area (Å²) in [5, 5.41) is 2.26. The molecule has 0 N–H and O–H groups in total. The number of nitrogens with zero attached hydrogens (tertiary/aromatic N) is 4. The molecule has 6 heteroatoms. The molecule has 3 heterocycles. The number of benzene rings is 5.